The fraction of sp³-hybridized carbons (Fsp3) is 0.643. The molecule has 0 spiro atoms. The average Bonchev–Trinajstić information content (AvgIpc) is 3.12. The van der Waals surface area contributed by atoms with E-state index in [0.29, 0.717) is 24.3 Å². The van der Waals surface area contributed by atoms with Crippen molar-refractivity contribution in [2.24, 2.45) is 5.92 Å². The van der Waals surface area contributed by atoms with E-state index in [-0.39, 0.29) is 0 Å². The molecule has 0 saturated carbocycles. The zero-order chi connectivity index (χ0) is 13.1. The molecular formula is C14H20N4O. The molecule has 5 nitrogen and oxygen atoms in total. The number of aromatic nitrogens is 3. The van der Waals surface area contributed by atoms with Crippen LogP contribution in [0.25, 0.3) is 0 Å². The van der Waals surface area contributed by atoms with E-state index >= 15 is 0 Å². The first-order valence-corrected chi connectivity index (χ1v) is 7.11. The molecule has 2 atom stereocenters. The van der Waals surface area contributed by atoms with Crippen molar-refractivity contribution in [2.75, 3.05) is 13.1 Å². The van der Waals surface area contributed by atoms with Gasteiger partial charge in [-0.25, -0.2) is 9.67 Å². The molecule has 0 bridgehead atoms. The molecule has 3 rings (SSSR count). The molecule has 2 heterocycles. The summed E-state index contributed by atoms with van der Waals surface area (Å²) in [7, 11) is 0. The molecule has 102 valence electrons. The van der Waals surface area contributed by atoms with E-state index in [4.69, 9.17) is 0 Å². The first kappa shape index (κ1) is 12.4. The standard InChI is InChI=1S/C14H20N4O/c19-14(8-12-4-1-2-5-12)17-7-3-6-13(9-17)18-11-15-10-16-18/h1,4,10-13H,2-3,5-9H2/t12-,13+/m1/s1. The number of amides is 1. The number of likely N-dealkylation sites (tertiary alicyclic amines) is 1. The third-order valence-electron chi connectivity index (χ3n) is 4.11. The maximum absolute atomic E-state index is 12.3. The van der Waals surface area contributed by atoms with Crippen molar-refractivity contribution in [1.29, 1.82) is 0 Å². The van der Waals surface area contributed by atoms with Crippen LogP contribution >= 0.6 is 0 Å². The molecule has 1 aliphatic heterocycles. The van der Waals surface area contributed by atoms with Crippen LogP contribution in [-0.2, 0) is 4.79 Å². The highest BCUT2D eigenvalue weighted by Crippen LogP contribution is 2.24. The van der Waals surface area contributed by atoms with Gasteiger partial charge in [-0.15, -0.1) is 0 Å². The zero-order valence-electron chi connectivity index (χ0n) is 11.1. The Bertz CT molecular complexity index is 454. The molecule has 19 heavy (non-hydrogen) atoms. The Morgan fingerprint density at radius 2 is 2.32 bits per heavy atom. The van der Waals surface area contributed by atoms with Crippen LogP contribution in [0.15, 0.2) is 24.8 Å². The van der Waals surface area contributed by atoms with Gasteiger partial charge in [-0.3, -0.25) is 4.79 Å². The van der Waals surface area contributed by atoms with E-state index in [2.05, 4.69) is 22.2 Å². The second-order valence-electron chi connectivity index (χ2n) is 5.48. The molecule has 2 aliphatic rings. The normalized spacial score (nSPS) is 26.8. The summed E-state index contributed by atoms with van der Waals surface area (Å²) in [6, 6.07) is 0.291. The first-order valence-electron chi connectivity index (χ1n) is 7.11. The maximum Gasteiger partial charge on any atom is 0.223 e. The van der Waals surface area contributed by atoms with E-state index in [1.165, 1.54) is 0 Å². The fourth-order valence-corrected chi connectivity index (χ4v) is 3.02. The van der Waals surface area contributed by atoms with Crippen LogP contribution in [0.4, 0.5) is 0 Å². The lowest BCUT2D eigenvalue weighted by Crippen LogP contribution is -2.41. The highest BCUT2D eigenvalue weighted by atomic mass is 16.2. The minimum atomic E-state index is 0.291. The van der Waals surface area contributed by atoms with Gasteiger partial charge < -0.3 is 4.90 Å². The molecule has 1 aliphatic carbocycles. The summed E-state index contributed by atoms with van der Waals surface area (Å²) >= 11 is 0. The highest BCUT2D eigenvalue weighted by Gasteiger charge is 2.26. The minimum absolute atomic E-state index is 0.291. The second-order valence-corrected chi connectivity index (χ2v) is 5.48. The van der Waals surface area contributed by atoms with Crippen molar-refractivity contribution >= 4 is 5.91 Å². The number of rotatable bonds is 3. The lowest BCUT2D eigenvalue weighted by Gasteiger charge is -2.33. The van der Waals surface area contributed by atoms with E-state index in [0.717, 1.165) is 38.8 Å². The third kappa shape index (κ3) is 2.85. The first-order chi connectivity index (χ1) is 9.33. The third-order valence-corrected chi connectivity index (χ3v) is 4.11. The molecule has 1 aromatic rings. The van der Waals surface area contributed by atoms with Crippen LogP contribution in [0, 0.1) is 5.92 Å². The van der Waals surface area contributed by atoms with Crippen molar-refractivity contribution in [3.63, 3.8) is 0 Å². The average molecular weight is 260 g/mol. The Labute approximate surface area is 113 Å². The SMILES string of the molecule is O=C(C[C@@H]1C=CCC1)N1CCC[C@H](n2cncn2)C1. The number of hydrogen-bond donors (Lipinski definition) is 0. The summed E-state index contributed by atoms with van der Waals surface area (Å²) in [5.41, 5.74) is 0. The van der Waals surface area contributed by atoms with Crippen LogP contribution in [0.3, 0.4) is 0 Å². The maximum atomic E-state index is 12.3. The van der Waals surface area contributed by atoms with Gasteiger partial charge in [0.25, 0.3) is 0 Å². The zero-order valence-corrected chi connectivity index (χ0v) is 11.1. The van der Waals surface area contributed by atoms with E-state index in [1.54, 1.807) is 12.7 Å². The lowest BCUT2D eigenvalue weighted by molar-refractivity contribution is -0.133. The van der Waals surface area contributed by atoms with E-state index in [1.807, 2.05) is 9.58 Å². The molecule has 0 radical (unpaired) electrons. The van der Waals surface area contributed by atoms with Gasteiger partial charge in [-0.05, 0) is 31.6 Å². The number of hydrogen-bond acceptors (Lipinski definition) is 3. The number of carbonyl (C=O) groups is 1. The monoisotopic (exact) mass is 260 g/mol. The van der Waals surface area contributed by atoms with Crippen LogP contribution in [-0.4, -0.2) is 38.7 Å². The van der Waals surface area contributed by atoms with Gasteiger partial charge in [0.15, 0.2) is 0 Å². The summed E-state index contributed by atoms with van der Waals surface area (Å²) < 4.78 is 1.88. The molecule has 1 saturated heterocycles. The van der Waals surface area contributed by atoms with Crippen LogP contribution in [0.1, 0.15) is 38.1 Å². The quantitative estimate of drug-likeness (QED) is 0.779. The Kier molecular flexibility index (Phi) is 3.62. The summed E-state index contributed by atoms with van der Waals surface area (Å²) in [6.07, 6.45) is 12.7. The van der Waals surface area contributed by atoms with Crippen molar-refractivity contribution in [2.45, 2.75) is 38.1 Å². The van der Waals surface area contributed by atoms with Crippen molar-refractivity contribution in [3.8, 4) is 0 Å². The molecule has 1 aromatic heterocycles. The smallest absolute Gasteiger partial charge is 0.223 e. The van der Waals surface area contributed by atoms with Gasteiger partial charge in [0.05, 0.1) is 6.04 Å². The predicted octanol–water partition coefficient (Wildman–Crippen LogP) is 1.80. The number of piperidine rings is 1. The van der Waals surface area contributed by atoms with Gasteiger partial charge in [0.1, 0.15) is 12.7 Å². The minimum Gasteiger partial charge on any atom is -0.341 e. The Morgan fingerprint density at radius 3 is 3.05 bits per heavy atom. The van der Waals surface area contributed by atoms with Gasteiger partial charge in [0, 0.05) is 19.5 Å². The molecule has 0 N–H and O–H groups in total. The van der Waals surface area contributed by atoms with E-state index in [9.17, 15) is 4.79 Å². The van der Waals surface area contributed by atoms with Crippen LogP contribution in [0.5, 0.6) is 0 Å². The van der Waals surface area contributed by atoms with Crippen molar-refractivity contribution in [3.05, 3.63) is 24.8 Å². The lowest BCUT2D eigenvalue weighted by atomic mass is 10.0. The Balaban J connectivity index is 1.58. The topological polar surface area (TPSA) is 51.0 Å². The van der Waals surface area contributed by atoms with Crippen molar-refractivity contribution in [1.82, 2.24) is 19.7 Å². The van der Waals surface area contributed by atoms with Crippen molar-refractivity contribution < 1.29 is 4.79 Å². The fourth-order valence-electron chi connectivity index (χ4n) is 3.02. The Morgan fingerprint density at radius 1 is 1.37 bits per heavy atom. The summed E-state index contributed by atoms with van der Waals surface area (Å²) in [6.45, 7) is 1.67. The van der Waals surface area contributed by atoms with E-state index < -0.39 is 0 Å². The molecule has 5 heteroatoms. The van der Waals surface area contributed by atoms with Gasteiger partial charge >= 0.3 is 0 Å². The number of nitrogens with zero attached hydrogens (tertiary/aromatic N) is 4. The largest absolute Gasteiger partial charge is 0.341 e. The van der Waals surface area contributed by atoms with Crippen LogP contribution < -0.4 is 0 Å². The van der Waals surface area contributed by atoms with Gasteiger partial charge in [-0.1, -0.05) is 12.2 Å². The predicted molar refractivity (Wildman–Crippen MR) is 71.4 cm³/mol. The number of carbonyl (C=O) groups excluding carboxylic acids is 1. The molecule has 1 amide bonds. The number of allylic oxidation sites excluding steroid dienone is 2. The second kappa shape index (κ2) is 5.55. The summed E-state index contributed by atoms with van der Waals surface area (Å²) in [4.78, 5) is 18.3. The molecule has 0 unspecified atom stereocenters. The summed E-state index contributed by atoms with van der Waals surface area (Å²) in [5, 5.41) is 4.19. The van der Waals surface area contributed by atoms with Gasteiger partial charge in [0.2, 0.25) is 5.91 Å². The summed E-state index contributed by atoms with van der Waals surface area (Å²) in [5.74, 6) is 0.751. The Hall–Kier alpha value is -1.65. The van der Waals surface area contributed by atoms with Crippen LogP contribution in [0.2, 0.25) is 0 Å². The molecule has 1 fully saturated rings. The molecule has 0 aromatic carbocycles. The molecular weight excluding hydrogens is 240 g/mol. The van der Waals surface area contributed by atoms with Gasteiger partial charge in [-0.2, -0.15) is 5.10 Å². The highest BCUT2D eigenvalue weighted by molar-refractivity contribution is 5.76.